The molecule has 0 aromatic heterocycles. The number of carbonyl (C=O) groups excluding carboxylic acids is 5. The summed E-state index contributed by atoms with van der Waals surface area (Å²) in [6.07, 6.45) is 4.56. The van der Waals surface area contributed by atoms with Gasteiger partial charge < -0.3 is 30.5 Å². The van der Waals surface area contributed by atoms with Gasteiger partial charge in [-0.25, -0.2) is 18.0 Å². The molecule has 1 aromatic rings. The van der Waals surface area contributed by atoms with Crippen LogP contribution in [0.25, 0.3) is 0 Å². The summed E-state index contributed by atoms with van der Waals surface area (Å²) in [6.45, 7) is -0.520. The number of sulfonamides is 1. The summed E-state index contributed by atoms with van der Waals surface area (Å²) in [5, 5.41) is 7.82. The molecule has 6 aliphatic rings. The van der Waals surface area contributed by atoms with E-state index in [2.05, 4.69) is 20.7 Å². The van der Waals surface area contributed by atoms with Crippen molar-refractivity contribution in [3.05, 3.63) is 47.0 Å². The van der Waals surface area contributed by atoms with E-state index in [9.17, 15) is 45.6 Å². The molecular weight excluding hydrogens is 758 g/mol. The Balaban J connectivity index is 1.13. The van der Waals surface area contributed by atoms with Crippen molar-refractivity contribution in [2.45, 2.75) is 138 Å². The molecule has 4 fully saturated rings. The highest BCUT2D eigenvalue weighted by molar-refractivity contribution is 7.91. The van der Waals surface area contributed by atoms with Gasteiger partial charge in [0, 0.05) is 31.5 Å². The minimum atomic E-state index is -4.63. The van der Waals surface area contributed by atoms with E-state index < -0.39 is 86.5 Å². The minimum Gasteiger partial charge on any atom is -0.444 e. The molecule has 18 heteroatoms. The third-order valence-corrected chi connectivity index (χ3v) is 13.8. The van der Waals surface area contributed by atoms with Crippen molar-refractivity contribution in [3.8, 4) is 0 Å². The monoisotopic (exact) mass is 806 g/mol. The number of urea groups is 1. The SMILES string of the molecule is O=C(NC1CCCC1)N[C@H]1CCCCC/C=C\[C@H]2C[C@@]2(C(=O)NS(=O)(=O)C2CC2)NC(=O)[C@@H]2C[C@@H](OC(=O)N3CCc4cccc(C(F)(F)F)c4C3)CN2C1=O. The first-order valence-corrected chi connectivity index (χ1v) is 21.2. The normalized spacial score (nSPS) is 29.4. The van der Waals surface area contributed by atoms with Crippen LogP contribution in [0.1, 0.15) is 100 Å². The minimum absolute atomic E-state index is 0.0260. The summed E-state index contributed by atoms with van der Waals surface area (Å²) in [5.74, 6) is -2.75. The van der Waals surface area contributed by atoms with Crippen LogP contribution < -0.4 is 20.7 Å². The molecule has 7 rings (SSSR count). The van der Waals surface area contributed by atoms with Gasteiger partial charge in [0.05, 0.1) is 17.4 Å². The van der Waals surface area contributed by atoms with Crippen LogP contribution >= 0.6 is 0 Å². The van der Waals surface area contributed by atoms with Gasteiger partial charge in [0.15, 0.2) is 0 Å². The van der Waals surface area contributed by atoms with Crippen molar-refractivity contribution < 1.29 is 50.3 Å². The largest absolute Gasteiger partial charge is 0.444 e. The molecule has 0 unspecified atom stereocenters. The van der Waals surface area contributed by atoms with E-state index in [0.717, 1.165) is 43.1 Å². The van der Waals surface area contributed by atoms with E-state index in [0.29, 0.717) is 37.7 Å². The molecule has 0 radical (unpaired) electrons. The van der Waals surface area contributed by atoms with Gasteiger partial charge in [0.2, 0.25) is 21.8 Å². The van der Waals surface area contributed by atoms with Crippen LogP contribution in [0.2, 0.25) is 0 Å². The third kappa shape index (κ3) is 8.79. The topological polar surface area (TPSA) is 183 Å². The number of hydrogen-bond acceptors (Lipinski definition) is 8. The molecule has 14 nitrogen and oxygen atoms in total. The summed E-state index contributed by atoms with van der Waals surface area (Å²) in [6, 6.07) is 1.01. The maximum Gasteiger partial charge on any atom is 0.416 e. The van der Waals surface area contributed by atoms with Crippen LogP contribution in [0.3, 0.4) is 0 Å². The molecule has 5 atom stereocenters. The molecule has 56 heavy (non-hydrogen) atoms. The highest BCUT2D eigenvalue weighted by Gasteiger charge is 2.62. The molecule has 0 spiro atoms. The number of halogens is 3. The molecule has 6 amide bonds. The second-order valence-corrected chi connectivity index (χ2v) is 18.0. The molecule has 0 bridgehead atoms. The van der Waals surface area contributed by atoms with Crippen molar-refractivity contribution in [2.75, 3.05) is 13.1 Å². The number of alkyl halides is 3. The molecular formula is C38H49F3N6O8S. The van der Waals surface area contributed by atoms with Gasteiger partial charge in [-0.2, -0.15) is 13.2 Å². The molecule has 1 saturated heterocycles. The maximum absolute atomic E-state index is 14.4. The number of rotatable bonds is 6. The lowest BCUT2D eigenvalue weighted by Gasteiger charge is -2.31. The first-order chi connectivity index (χ1) is 26.6. The van der Waals surface area contributed by atoms with Crippen LogP contribution in [0.15, 0.2) is 30.4 Å². The smallest absolute Gasteiger partial charge is 0.416 e. The average molecular weight is 807 g/mol. The number of fused-ring (bicyclic) bond motifs is 3. The molecule has 3 heterocycles. The van der Waals surface area contributed by atoms with Crippen LogP contribution in [-0.2, 0) is 48.3 Å². The zero-order valence-corrected chi connectivity index (χ0v) is 31.9. The van der Waals surface area contributed by atoms with Gasteiger partial charge in [-0.15, -0.1) is 0 Å². The number of ether oxygens (including phenoxy) is 1. The highest BCUT2D eigenvalue weighted by Crippen LogP contribution is 2.46. The summed E-state index contributed by atoms with van der Waals surface area (Å²) < 4.78 is 75.1. The fourth-order valence-electron chi connectivity index (χ4n) is 8.52. The van der Waals surface area contributed by atoms with E-state index in [1.165, 1.54) is 11.0 Å². The first kappa shape index (κ1) is 39.9. The van der Waals surface area contributed by atoms with Crippen LogP contribution in [0, 0.1) is 5.92 Å². The summed E-state index contributed by atoms with van der Waals surface area (Å²) in [7, 11) is -3.96. The van der Waals surface area contributed by atoms with Gasteiger partial charge in [0.25, 0.3) is 5.91 Å². The lowest BCUT2D eigenvalue weighted by Crippen LogP contribution is -2.59. The first-order valence-electron chi connectivity index (χ1n) is 19.7. The van der Waals surface area contributed by atoms with E-state index in [1.807, 2.05) is 6.08 Å². The standard InChI is InChI=1S/C38H49F3N6O8S/c39-38(40,41)29-13-8-9-23-17-18-46(22-28(23)29)36(52)55-26-19-31-32(48)44-37(34(50)45-56(53,54)27-15-16-27)20-24(37)10-4-2-1-3-5-14-30(33(49)47(31)21-26)43-35(51)42-25-11-6-7-12-25/h4,8-10,13,24-27,30-31H,1-3,5-7,11-12,14-22H2,(H,44,48)(H,45,50)(H2,42,43,51)/b10-4-/t24-,26+,30-,31-,37+/m0/s1. The molecule has 3 aliphatic heterocycles. The Morgan fingerprint density at radius 2 is 1.71 bits per heavy atom. The number of allylic oxidation sites excluding steroid dienone is 1. The number of amides is 6. The Labute approximate surface area is 323 Å². The fraction of sp³-hybridized carbons (Fsp3) is 0.658. The summed E-state index contributed by atoms with van der Waals surface area (Å²) in [4.78, 5) is 71.5. The number of nitrogens with zero attached hydrogens (tertiary/aromatic N) is 2. The predicted molar refractivity (Wildman–Crippen MR) is 195 cm³/mol. The summed E-state index contributed by atoms with van der Waals surface area (Å²) in [5.41, 5.74) is -1.99. The zero-order chi connectivity index (χ0) is 39.8. The van der Waals surface area contributed by atoms with Crippen molar-refractivity contribution in [2.24, 2.45) is 5.92 Å². The van der Waals surface area contributed by atoms with E-state index in [4.69, 9.17) is 4.74 Å². The molecule has 3 saturated carbocycles. The van der Waals surface area contributed by atoms with Gasteiger partial charge in [-0.05, 0) is 75.0 Å². The van der Waals surface area contributed by atoms with E-state index in [-0.39, 0.29) is 56.9 Å². The second kappa shape index (κ2) is 15.9. The Bertz CT molecular complexity index is 1870. The highest BCUT2D eigenvalue weighted by atomic mass is 32.2. The van der Waals surface area contributed by atoms with Crippen LogP contribution in [0.5, 0.6) is 0 Å². The van der Waals surface area contributed by atoms with Gasteiger partial charge in [0.1, 0.15) is 23.7 Å². The molecule has 3 aliphatic carbocycles. The average Bonchev–Trinajstić information content (AvgIpc) is 4.02. The van der Waals surface area contributed by atoms with Crippen molar-refractivity contribution in [1.82, 2.24) is 30.5 Å². The Morgan fingerprint density at radius 1 is 0.964 bits per heavy atom. The fourth-order valence-corrected chi connectivity index (χ4v) is 9.89. The Kier molecular flexibility index (Phi) is 11.3. The van der Waals surface area contributed by atoms with Gasteiger partial charge >= 0.3 is 18.3 Å². The number of benzene rings is 1. The Morgan fingerprint density at radius 3 is 2.45 bits per heavy atom. The van der Waals surface area contributed by atoms with Crippen molar-refractivity contribution in [1.29, 1.82) is 0 Å². The molecule has 4 N–H and O–H groups in total. The van der Waals surface area contributed by atoms with Crippen LogP contribution in [0.4, 0.5) is 22.8 Å². The zero-order valence-electron chi connectivity index (χ0n) is 31.1. The quantitative estimate of drug-likeness (QED) is 0.313. The van der Waals surface area contributed by atoms with Crippen molar-refractivity contribution >= 4 is 39.9 Å². The molecule has 306 valence electrons. The summed E-state index contributed by atoms with van der Waals surface area (Å²) >= 11 is 0. The molecule has 1 aromatic carbocycles. The van der Waals surface area contributed by atoms with E-state index in [1.54, 1.807) is 12.1 Å². The third-order valence-electron chi connectivity index (χ3n) is 11.9. The number of hydrogen-bond donors (Lipinski definition) is 4. The Hall–Kier alpha value is -4.35. The van der Waals surface area contributed by atoms with Crippen LogP contribution in [-0.4, -0.2) is 96.2 Å². The number of carbonyl (C=O) groups is 5. The van der Waals surface area contributed by atoms with Gasteiger partial charge in [-0.3, -0.25) is 19.1 Å². The second-order valence-electron chi connectivity index (χ2n) is 16.0. The number of nitrogens with one attached hydrogen (secondary N) is 4. The lowest BCUT2D eigenvalue weighted by atomic mass is 9.95. The predicted octanol–water partition coefficient (Wildman–Crippen LogP) is 3.78. The van der Waals surface area contributed by atoms with E-state index >= 15 is 0 Å². The lowest BCUT2D eigenvalue weighted by molar-refractivity contribution is -0.141. The van der Waals surface area contributed by atoms with Gasteiger partial charge in [-0.1, -0.05) is 50.0 Å². The maximum atomic E-state index is 14.4. The van der Waals surface area contributed by atoms with Crippen molar-refractivity contribution in [3.63, 3.8) is 0 Å².